The van der Waals surface area contributed by atoms with E-state index in [-0.39, 0.29) is 0 Å². The average molecular weight is 213 g/mol. The predicted octanol–water partition coefficient (Wildman–Crippen LogP) is 1.53. The molecule has 3 aromatic heterocycles. The average Bonchev–Trinajstić information content (AvgIpc) is 2.81. The third-order valence-corrected chi connectivity index (χ3v) is 2.44. The molecule has 0 bridgehead atoms. The molecule has 5 heteroatoms. The van der Waals surface area contributed by atoms with E-state index < -0.39 is 0 Å². The van der Waals surface area contributed by atoms with Crippen molar-refractivity contribution in [1.29, 1.82) is 0 Å². The van der Waals surface area contributed by atoms with Crippen LogP contribution in [0.4, 0.5) is 0 Å². The second kappa shape index (κ2) is 3.16. The molecule has 16 heavy (non-hydrogen) atoms. The first-order chi connectivity index (χ1) is 7.74. The Bertz CT molecular complexity index is 616. The van der Waals surface area contributed by atoms with E-state index in [1.54, 1.807) is 4.68 Å². The summed E-state index contributed by atoms with van der Waals surface area (Å²) >= 11 is 0. The fourth-order valence-electron chi connectivity index (χ4n) is 1.76. The van der Waals surface area contributed by atoms with Crippen LogP contribution in [-0.2, 0) is 0 Å². The highest BCUT2D eigenvalue weighted by Crippen LogP contribution is 2.10. The van der Waals surface area contributed by atoms with Gasteiger partial charge in [0.15, 0.2) is 5.82 Å². The molecule has 5 nitrogen and oxygen atoms in total. The minimum absolute atomic E-state index is 0.759. The standard InChI is InChI=1S/C11H11N5/c1-8-12-9(2)16(14-8)11-7-15-6-4-3-5-10(15)13-11/h3-7H,1-2H3. The van der Waals surface area contributed by atoms with Gasteiger partial charge in [0, 0.05) is 6.20 Å². The summed E-state index contributed by atoms with van der Waals surface area (Å²) in [6, 6.07) is 5.89. The van der Waals surface area contributed by atoms with Gasteiger partial charge in [-0.2, -0.15) is 4.68 Å². The van der Waals surface area contributed by atoms with Gasteiger partial charge in [-0.3, -0.25) is 0 Å². The van der Waals surface area contributed by atoms with Gasteiger partial charge < -0.3 is 4.40 Å². The van der Waals surface area contributed by atoms with Gasteiger partial charge in [-0.05, 0) is 26.0 Å². The molecule has 80 valence electrons. The second-order valence-corrected chi connectivity index (χ2v) is 3.68. The summed E-state index contributed by atoms with van der Waals surface area (Å²) in [4.78, 5) is 8.74. The molecular weight excluding hydrogens is 202 g/mol. The van der Waals surface area contributed by atoms with Crippen molar-refractivity contribution in [3.05, 3.63) is 42.2 Å². The van der Waals surface area contributed by atoms with Gasteiger partial charge in [-0.25, -0.2) is 9.97 Å². The van der Waals surface area contributed by atoms with E-state index in [1.165, 1.54) is 0 Å². The Balaban J connectivity index is 2.22. The van der Waals surface area contributed by atoms with Crippen LogP contribution in [0.25, 0.3) is 11.5 Å². The molecule has 3 heterocycles. The quantitative estimate of drug-likeness (QED) is 0.616. The van der Waals surface area contributed by atoms with Crippen LogP contribution in [0.2, 0.25) is 0 Å². The Labute approximate surface area is 92.4 Å². The molecule has 0 aliphatic carbocycles. The molecule has 0 aliphatic heterocycles. The summed E-state index contributed by atoms with van der Waals surface area (Å²) < 4.78 is 3.72. The maximum atomic E-state index is 4.48. The van der Waals surface area contributed by atoms with Crippen molar-refractivity contribution in [3.63, 3.8) is 0 Å². The molecule has 3 rings (SSSR count). The fraction of sp³-hybridized carbons (Fsp3) is 0.182. The van der Waals surface area contributed by atoms with E-state index in [0.717, 1.165) is 23.1 Å². The Morgan fingerprint density at radius 3 is 2.69 bits per heavy atom. The number of nitrogens with zero attached hydrogens (tertiary/aromatic N) is 5. The maximum Gasteiger partial charge on any atom is 0.174 e. The Morgan fingerprint density at radius 1 is 1.12 bits per heavy atom. The van der Waals surface area contributed by atoms with Crippen LogP contribution in [0, 0.1) is 13.8 Å². The van der Waals surface area contributed by atoms with Crippen LogP contribution < -0.4 is 0 Å². The van der Waals surface area contributed by atoms with E-state index in [2.05, 4.69) is 15.1 Å². The number of hydrogen-bond acceptors (Lipinski definition) is 3. The second-order valence-electron chi connectivity index (χ2n) is 3.68. The summed E-state index contributed by atoms with van der Waals surface area (Å²) in [6.45, 7) is 3.79. The van der Waals surface area contributed by atoms with Gasteiger partial charge >= 0.3 is 0 Å². The van der Waals surface area contributed by atoms with E-state index in [4.69, 9.17) is 0 Å². The highest BCUT2D eigenvalue weighted by Gasteiger charge is 2.08. The van der Waals surface area contributed by atoms with E-state index in [0.29, 0.717) is 0 Å². The van der Waals surface area contributed by atoms with Gasteiger partial charge in [0.2, 0.25) is 0 Å². The zero-order valence-corrected chi connectivity index (χ0v) is 9.12. The molecule has 0 saturated heterocycles. The SMILES string of the molecule is Cc1nc(C)n(-c2cn3ccccc3n2)n1. The molecule has 0 aliphatic rings. The van der Waals surface area contributed by atoms with Crippen molar-refractivity contribution in [1.82, 2.24) is 24.1 Å². The summed E-state index contributed by atoms with van der Waals surface area (Å²) in [7, 11) is 0. The molecule has 0 atom stereocenters. The molecule has 3 aromatic rings. The fourth-order valence-corrected chi connectivity index (χ4v) is 1.76. The lowest BCUT2D eigenvalue weighted by Gasteiger charge is -1.94. The van der Waals surface area contributed by atoms with Crippen molar-refractivity contribution < 1.29 is 0 Å². The summed E-state index contributed by atoms with van der Waals surface area (Å²) in [6.07, 6.45) is 3.90. The normalized spacial score (nSPS) is 11.1. The first kappa shape index (κ1) is 9.08. The monoisotopic (exact) mass is 213 g/mol. The van der Waals surface area contributed by atoms with E-state index in [1.807, 2.05) is 48.8 Å². The summed E-state index contributed by atoms with van der Waals surface area (Å²) in [5.74, 6) is 2.40. The smallest absolute Gasteiger partial charge is 0.174 e. The minimum Gasteiger partial charge on any atom is -0.305 e. The molecule has 0 aromatic carbocycles. The van der Waals surface area contributed by atoms with Crippen molar-refractivity contribution in [2.24, 2.45) is 0 Å². The van der Waals surface area contributed by atoms with Crippen molar-refractivity contribution in [2.45, 2.75) is 13.8 Å². The molecule has 0 spiro atoms. The van der Waals surface area contributed by atoms with E-state index >= 15 is 0 Å². The number of aryl methyl sites for hydroxylation is 2. The largest absolute Gasteiger partial charge is 0.305 e. The third kappa shape index (κ3) is 1.29. The van der Waals surface area contributed by atoms with Crippen molar-refractivity contribution in [2.75, 3.05) is 0 Å². The van der Waals surface area contributed by atoms with Crippen molar-refractivity contribution in [3.8, 4) is 5.82 Å². The molecule has 0 saturated carbocycles. The molecule has 0 fully saturated rings. The highest BCUT2D eigenvalue weighted by molar-refractivity contribution is 5.43. The Kier molecular flexibility index (Phi) is 1.80. The van der Waals surface area contributed by atoms with Crippen LogP contribution in [0.1, 0.15) is 11.6 Å². The van der Waals surface area contributed by atoms with Crippen LogP contribution in [0.15, 0.2) is 30.6 Å². The molecule has 0 amide bonds. The van der Waals surface area contributed by atoms with Gasteiger partial charge in [0.25, 0.3) is 0 Å². The topological polar surface area (TPSA) is 48.0 Å². The van der Waals surface area contributed by atoms with Gasteiger partial charge in [0.1, 0.15) is 17.3 Å². The van der Waals surface area contributed by atoms with Crippen LogP contribution >= 0.6 is 0 Å². The van der Waals surface area contributed by atoms with Crippen LogP contribution in [0.5, 0.6) is 0 Å². The van der Waals surface area contributed by atoms with Gasteiger partial charge in [-0.1, -0.05) is 6.07 Å². The van der Waals surface area contributed by atoms with Crippen LogP contribution in [0.3, 0.4) is 0 Å². The number of pyridine rings is 1. The third-order valence-electron chi connectivity index (χ3n) is 2.44. The van der Waals surface area contributed by atoms with Gasteiger partial charge in [0.05, 0.1) is 6.20 Å². The lowest BCUT2D eigenvalue weighted by Crippen LogP contribution is -1.99. The van der Waals surface area contributed by atoms with Crippen LogP contribution in [-0.4, -0.2) is 24.1 Å². The summed E-state index contributed by atoms with van der Waals surface area (Å²) in [5, 5.41) is 4.31. The molecule has 0 unspecified atom stereocenters. The molecular formula is C11H11N5. The van der Waals surface area contributed by atoms with Gasteiger partial charge in [-0.15, -0.1) is 5.10 Å². The Hall–Kier alpha value is -2.17. The number of rotatable bonds is 1. The number of imidazole rings is 1. The maximum absolute atomic E-state index is 4.48. The zero-order chi connectivity index (χ0) is 11.1. The first-order valence-corrected chi connectivity index (χ1v) is 5.08. The first-order valence-electron chi connectivity index (χ1n) is 5.08. The zero-order valence-electron chi connectivity index (χ0n) is 9.12. The Morgan fingerprint density at radius 2 is 2.00 bits per heavy atom. The predicted molar refractivity (Wildman–Crippen MR) is 59.6 cm³/mol. The van der Waals surface area contributed by atoms with E-state index in [9.17, 15) is 0 Å². The molecule has 0 radical (unpaired) electrons. The number of hydrogen-bond donors (Lipinski definition) is 0. The number of aromatic nitrogens is 5. The number of fused-ring (bicyclic) bond motifs is 1. The summed E-state index contributed by atoms with van der Waals surface area (Å²) in [5.41, 5.74) is 0.907. The molecule has 0 N–H and O–H groups in total. The minimum atomic E-state index is 0.759. The van der Waals surface area contributed by atoms with Crippen molar-refractivity contribution >= 4 is 5.65 Å². The highest BCUT2D eigenvalue weighted by atomic mass is 15.4. The lowest BCUT2D eigenvalue weighted by atomic mass is 10.5. The lowest BCUT2D eigenvalue weighted by molar-refractivity contribution is 0.810.